The zero-order valence-corrected chi connectivity index (χ0v) is 11.4. The third kappa shape index (κ3) is 2.71. The molecule has 1 aromatic heterocycles. The molecule has 0 amide bonds. The number of aromatic nitrogens is 3. The summed E-state index contributed by atoms with van der Waals surface area (Å²) in [5.41, 5.74) is 12.7. The predicted molar refractivity (Wildman–Crippen MR) is 79.0 cm³/mol. The number of hydrogen-bond donors (Lipinski definition) is 2. The second-order valence-electron chi connectivity index (χ2n) is 5.37. The van der Waals surface area contributed by atoms with Crippen molar-refractivity contribution in [2.45, 2.75) is 37.5 Å². The maximum Gasteiger partial charge on any atom is 0.225 e. The summed E-state index contributed by atoms with van der Waals surface area (Å²) >= 11 is 0. The standard InChI is InChI=1S/C15H19N5/c16-14-18-13(19-15(17)20-14)12-8-6-11(7-9-12)10-4-2-1-3-5-10/h1-5,11-12H,6-9H2,(H4,16,17,18,19,20). The van der Waals surface area contributed by atoms with Crippen molar-refractivity contribution in [3.63, 3.8) is 0 Å². The van der Waals surface area contributed by atoms with E-state index >= 15 is 0 Å². The Hall–Kier alpha value is -2.17. The number of anilines is 2. The first-order valence-electron chi connectivity index (χ1n) is 7.04. The van der Waals surface area contributed by atoms with E-state index in [1.807, 2.05) is 0 Å². The van der Waals surface area contributed by atoms with Gasteiger partial charge in [-0.15, -0.1) is 0 Å². The van der Waals surface area contributed by atoms with Crippen LogP contribution in [0.2, 0.25) is 0 Å². The van der Waals surface area contributed by atoms with Crippen molar-refractivity contribution < 1.29 is 0 Å². The molecule has 0 atom stereocenters. The monoisotopic (exact) mass is 269 g/mol. The van der Waals surface area contributed by atoms with Gasteiger partial charge in [-0.05, 0) is 37.2 Å². The molecule has 1 fully saturated rings. The highest BCUT2D eigenvalue weighted by Crippen LogP contribution is 2.39. The highest BCUT2D eigenvalue weighted by atomic mass is 15.1. The Kier molecular flexibility index (Phi) is 3.50. The van der Waals surface area contributed by atoms with Crippen LogP contribution in [0.1, 0.15) is 48.9 Å². The fourth-order valence-corrected chi connectivity index (χ4v) is 3.02. The number of nitrogen functional groups attached to an aromatic ring is 2. The average molecular weight is 269 g/mol. The molecule has 1 saturated carbocycles. The van der Waals surface area contributed by atoms with Gasteiger partial charge < -0.3 is 11.5 Å². The lowest BCUT2D eigenvalue weighted by atomic mass is 9.78. The van der Waals surface area contributed by atoms with Gasteiger partial charge in [-0.3, -0.25) is 0 Å². The summed E-state index contributed by atoms with van der Waals surface area (Å²) in [4.78, 5) is 12.3. The lowest BCUT2D eigenvalue weighted by molar-refractivity contribution is 0.385. The van der Waals surface area contributed by atoms with E-state index in [0.29, 0.717) is 11.8 Å². The van der Waals surface area contributed by atoms with Gasteiger partial charge in [0, 0.05) is 5.92 Å². The molecule has 5 heteroatoms. The molecule has 0 saturated heterocycles. The van der Waals surface area contributed by atoms with E-state index in [4.69, 9.17) is 11.5 Å². The summed E-state index contributed by atoms with van der Waals surface area (Å²) in [6.07, 6.45) is 4.45. The molecule has 0 bridgehead atoms. The van der Waals surface area contributed by atoms with Crippen LogP contribution in [0.3, 0.4) is 0 Å². The van der Waals surface area contributed by atoms with Crippen LogP contribution < -0.4 is 11.5 Å². The number of nitrogens with two attached hydrogens (primary N) is 2. The van der Waals surface area contributed by atoms with Gasteiger partial charge in [-0.1, -0.05) is 30.3 Å². The van der Waals surface area contributed by atoms with Gasteiger partial charge in [0.25, 0.3) is 0 Å². The molecule has 5 nitrogen and oxygen atoms in total. The van der Waals surface area contributed by atoms with E-state index in [-0.39, 0.29) is 11.9 Å². The molecule has 1 heterocycles. The average Bonchev–Trinajstić information content (AvgIpc) is 2.47. The molecule has 0 unspecified atom stereocenters. The van der Waals surface area contributed by atoms with Gasteiger partial charge in [-0.25, -0.2) is 0 Å². The summed E-state index contributed by atoms with van der Waals surface area (Å²) in [5.74, 6) is 2.18. The first kappa shape index (κ1) is 12.8. The van der Waals surface area contributed by atoms with E-state index in [0.717, 1.165) is 31.5 Å². The van der Waals surface area contributed by atoms with Crippen LogP contribution in [-0.4, -0.2) is 15.0 Å². The van der Waals surface area contributed by atoms with Crippen molar-refractivity contribution >= 4 is 11.9 Å². The molecule has 1 aromatic carbocycles. The van der Waals surface area contributed by atoms with Crippen molar-refractivity contribution in [1.82, 2.24) is 15.0 Å². The fraction of sp³-hybridized carbons (Fsp3) is 0.400. The fourth-order valence-electron chi connectivity index (χ4n) is 3.02. The smallest absolute Gasteiger partial charge is 0.225 e. The van der Waals surface area contributed by atoms with E-state index < -0.39 is 0 Å². The quantitative estimate of drug-likeness (QED) is 0.874. The number of rotatable bonds is 2. The molecule has 3 rings (SSSR count). The van der Waals surface area contributed by atoms with Crippen LogP contribution in [0.5, 0.6) is 0 Å². The molecule has 0 aliphatic heterocycles. The zero-order valence-electron chi connectivity index (χ0n) is 11.4. The van der Waals surface area contributed by atoms with Gasteiger partial charge in [-0.2, -0.15) is 15.0 Å². The van der Waals surface area contributed by atoms with Gasteiger partial charge in [0.2, 0.25) is 11.9 Å². The maximum absolute atomic E-state index is 5.64. The molecule has 0 spiro atoms. The molecular formula is C15H19N5. The topological polar surface area (TPSA) is 90.7 Å². The van der Waals surface area contributed by atoms with E-state index in [2.05, 4.69) is 45.3 Å². The Labute approximate surface area is 118 Å². The molecule has 0 radical (unpaired) electrons. The summed E-state index contributed by atoms with van der Waals surface area (Å²) in [5, 5.41) is 0. The highest BCUT2D eigenvalue weighted by molar-refractivity contribution is 5.27. The second kappa shape index (κ2) is 5.45. The second-order valence-corrected chi connectivity index (χ2v) is 5.37. The minimum absolute atomic E-state index is 0.220. The van der Waals surface area contributed by atoms with Crippen molar-refractivity contribution in [2.75, 3.05) is 11.5 Å². The Morgan fingerprint density at radius 1 is 0.750 bits per heavy atom. The van der Waals surface area contributed by atoms with Crippen molar-refractivity contribution in [3.05, 3.63) is 41.7 Å². The molecular weight excluding hydrogens is 250 g/mol. The Morgan fingerprint density at radius 2 is 1.30 bits per heavy atom. The summed E-state index contributed by atoms with van der Waals surface area (Å²) < 4.78 is 0. The molecule has 4 N–H and O–H groups in total. The maximum atomic E-state index is 5.64. The number of nitrogens with zero attached hydrogens (tertiary/aromatic N) is 3. The minimum atomic E-state index is 0.220. The van der Waals surface area contributed by atoms with Gasteiger partial charge in [0.1, 0.15) is 5.82 Å². The Bertz CT molecular complexity index is 556. The lowest BCUT2D eigenvalue weighted by Gasteiger charge is -2.27. The van der Waals surface area contributed by atoms with Crippen molar-refractivity contribution in [1.29, 1.82) is 0 Å². The van der Waals surface area contributed by atoms with Crippen LogP contribution >= 0.6 is 0 Å². The van der Waals surface area contributed by atoms with Crippen LogP contribution in [0, 0.1) is 0 Å². The Balaban J connectivity index is 1.69. The third-order valence-electron chi connectivity index (χ3n) is 4.05. The van der Waals surface area contributed by atoms with E-state index in [1.54, 1.807) is 0 Å². The number of hydrogen-bond acceptors (Lipinski definition) is 5. The first-order chi connectivity index (χ1) is 9.72. The third-order valence-corrected chi connectivity index (χ3v) is 4.05. The van der Waals surface area contributed by atoms with Crippen LogP contribution in [0.25, 0.3) is 0 Å². The molecule has 2 aromatic rings. The molecule has 1 aliphatic rings. The van der Waals surface area contributed by atoms with Crippen LogP contribution in [0.15, 0.2) is 30.3 Å². The molecule has 20 heavy (non-hydrogen) atoms. The zero-order chi connectivity index (χ0) is 13.9. The lowest BCUT2D eigenvalue weighted by Crippen LogP contribution is -2.16. The van der Waals surface area contributed by atoms with Crippen LogP contribution in [-0.2, 0) is 0 Å². The van der Waals surface area contributed by atoms with Gasteiger partial charge in [0.05, 0.1) is 0 Å². The Morgan fingerprint density at radius 3 is 1.90 bits per heavy atom. The number of benzene rings is 1. The molecule has 1 aliphatic carbocycles. The minimum Gasteiger partial charge on any atom is -0.368 e. The SMILES string of the molecule is Nc1nc(N)nc(C2CCC(c3ccccc3)CC2)n1. The van der Waals surface area contributed by atoms with E-state index in [1.165, 1.54) is 5.56 Å². The predicted octanol–water partition coefficient (Wildman–Crippen LogP) is 2.48. The highest BCUT2D eigenvalue weighted by Gasteiger charge is 2.25. The largest absolute Gasteiger partial charge is 0.368 e. The van der Waals surface area contributed by atoms with Gasteiger partial charge >= 0.3 is 0 Å². The molecule has 104 valence electrons. The van der Waals surface area contributed by atoms with Crippen molar-refractivity contribution in [2.24, 2.45) is 0 Å². The normalized spacial score (nSPS) is 22.6. The first-order valence-corrected chi connectivity index (χ1v) is 7.04. The van der Waals surface area contributed by atoms with Crippen molar-refractivity contribution in [3.8, 4) is 0 Å². The summed E-state index contributed by atoms with van der Waals surface area (Å²) in [6.45, 7) is 0. The summed E-state index contributed by atoms with van der Waals surface area (Å²) in [6, 6.07) is 10.7. The van der Waals surface area contributed by atoms with E-state index in [9.17, 15) is 0 Å². The van der Waals surface area contributed by atoms with Crippen LogP contribution in [0.4, 0.5) is 11.9 Å². The summed E-state index contributed by atoms with van der Waals surface area (Å²) in [7, 11) is 0. The van der Waals surface area contributed by atoms with Gasteiger partial charge in [0.15, 0.2) is 0 Å².